The summed E-state index contributed by atoms with van der Waals surface area (Å²) in [5.41, 5.74) is 4.24. The van der Waals surface area contributed by atoms with Crippen LogP contribution in [0.2, 0.25) is 0 Å². The summed E-state index contributed by atoms with van der Waals surface area (Å²) in [5, 5.41) is 0. The van der Waals surface area contributed by atoms with Crippen molar-refractivity contribution in [3.05, 3.63) is 35.1 Å². The van der Waals surface area contributed by atoms with Crippen LogP contribution in [0.1, 0.15) is 30.9 Å². The third-order valence-electron chi connectivity index (χ3n) is 4.62. The largest absolute Gasteiger partial charge is 0.419 e. The van der Waals surface area contributed by atoms with Crippen LogP contribution in [-0.4, -0.2) is 54.5 Å². The first-order chi connectivity index (χ1) is 11.6. The van der Waals surface area contributed by atoms with Gasteiger partial charge in [0, 0.05) is 38.8 Å². The molecule has 0 radical (unpaired) electrons. The molecule has 1 aliphatic rings. The monoisotopic (exact) mass is 361 g/mol. The predicted molar refractivity (Wildman–Crippen MR) is 86.5 cm³/mol. The second-order valence-electron chi connectivity index (χ2n) is 6.62. The molecule has 2 rings (SSSR count). The topological polar surface area (TPSA) is 49.6 Å². The van der Waals surface area contributed by atoms with Gasteiger partial charge in [-0.25, -0.2) is 4.39 Å². The molecule has 0 bridgehead atoms. The van der Waals surface area contributed by atoms with E-state index in [2.05, 4.69) is 18.7 Å². The standard InChI is InChI=1S/C17H23F4N3O/c1-11(2)24-7-5-23(6-8-24)10-13(16(22)25)12-3-4-14(15(18)9-12)17(19,20)21/h3-4,9,11,13H,5-8,10H2,1-2H3,(H2,22,25)/t13-/m1/s1. The fourth-order valence-electron chi connectivity index (χ4n) is 3.06. The molecule has 1 fully saturated rings. The van der Waals surface area contributed by atoms with Gasteiger partial charge in [0.05, 0.1) is 11.5 Å². The highest BCUT2D eigenvalue weighted by Gasteiger charge is 2.35. The van der Waals surface area contributed by atoms with E-state index in [1.165, 1.54) is 0 Å². The lowest BCUT2D eigenvalue weighted by atomic mass is 9.96. The number of alkyl halides is 3. The molecule has 1 heterocycles. The van der Waals surface area contributed by atoms with Crippen molar-refractivity contribution >= 4 is 5.91 Å². The molecule has 0 saturated carbocycles. The molecule has 140 valence electrons. The minimum absolute atomic E-state index is 0.171. The van der Waals surface area contributed by atoms with Crippen LogP contribution in [0.15, 0.2) is 18.2 Å². The van der Waals surface area contributed by atoms with E-state index < -0.39 is 29.4 Å². The quantitative estimate of drug-likeness (QED) is 0.820. The molecule has 8 heteroatoms. The first-order valence-corrected chi connectivity index (χ1v) is 8.22. The van der Waals surface area contributed by atoms with Gasteiger partial charge >= 0.3 is 6.18 Å². The molecular formula is C17H23F4N3O. The van der Waals surface area contributed by atoms with Crippen LogP contribution in [0, 0.1) is 5.82 Å². The van der Waals surface area contributed by atoms with E-state index in [-0.39, 0.29) is 12.1 Å². The fraction of sp³-hybridized carbons (Fsp3) is 0.588. The van der Waals surface area contributed by atoms with E-state index in [1.54, 1.807) is 0 Å². The van der Waals surface area contributed by atoms with Gasteiger partial charge in [0.1, 0.15) is 5.82 Å². The van der Waals surface area contributed by atoms with E-state index in [4.69, 9.17) is 5.73 Å². The highest BCUT2D eigenvalue weighted by molar-refractivity contribution is 5.82. The number of rotatable bonds is 5. The fourth-order valence-corrected chi connectivity index (χ4v) is 3.06. The van der Waals surface area contributed by atoms with Crippen LogP contribution in [-0.2, 0) is 11.0 Å². The number of carbonyl (C=O) groups excluding carboxylic acids is 1. The van der Waals surface area contributed by atoms with Crippen LogP contribution in [0.5, 0.6) is 0 Å². The summed E-state index contributed by atoms with van der Waals surface area (Å²) < 4.78 is 51.8. The summed E-state index contributed by atoms with van der Waals surface area (Å²) in [6, 6.07) is 2.99. The number of halogens is 4. The summed E-state index contributed by atoms with van der Waals surface area (Å²) in [6.07, 6.45) is -4.77. The second kappa shape index (κ2) is 7.70. The number of carbonyl (C=O) groups is 1. The Morgan fingerprint density at radius 3 is 2.24 bits per heavy atom. The molecule has 1 amide bonds. The summed E-state index contributed by atoms with van der Waals surface area (Å²) in [7, 11) is 0. The Morgan fingerprint density at radius 1 is 1.20 bits per heavy atom. The first kappa shape index (κ1) is 19.7. The maximum absolute atomic E-state index is 13.8. The molecule has 0 aromatic heterocycles. The van der Waals surface area contributed by atoms with Crippen LogP contribution in [0.3, 0.4) is 0 Å². The highest BCUT2D eigenvalue weighted by Crippen LogP contribution is 2.33. The van der Waals surface area contributed by atoms with Gasteiger partial charge in [-0.05, 0) is 31.5 Å². The van der Waals surface area contributed by atoms with Crippen molar-refractivity contribution in [3.8, 4) is 0 Å². The molecule has 1 atom stereocenters. The van der Waals surface area contributed by atoms with Crippen molar-refractivity contribution in [3.63, 3.8) is 0 Å². The summed E-state index contributed by atoms with van der Waals surface area (Å²) >= 11 is 0. The first-order valence-electron chi connectivity index (χ1n) is 8.22. The third kappa shape index (κ3) is 4.92. The zero-order chi connectivity index (χ0) is 18.8. The van der Waals surface area contributed by atoms with Crippen molar-refractivity contribution in [2.45, 2.75) is 32.0 Å². The number of hydrogen-bond donors (Lipinski definition) is 1. The summed E-state index contributed by atoms with van der Waals surface area (Å²) in [4.78, 5) is 16.1. The Balaban J connectivity index is 2.12. The number of primary amides is 1. The lowest BCUT2D eigenvalue weighted by Crippen LogP contribution is -2.50. The Hall–Kier alpha value is -1.67. The smallest absolute Gasteiger partial charge is 0.369 e. The maximum atomic E-state index is 13.8. The number of amides is 1. The maximum Gasteiger partial charge on any atom is 0.419 e. The zero-order valence-corrected chi connectivity index (χ0v) is 14.3. The number of benzene rings is 1. The van der Waals surface area contributed by atoms with Gasteiger partial charge in [-0.2, -0.15) is 13.2 Å². The van der Waals surface area contributed by atoms with Crippen LogP contribution in [0.4, 0.5) is 17.6 Å². The minimum Gasteiger partial charge on any atom is -0.369 e. The van der Waals surface area contributed by atoms with Gasteiger partial charge < -0.3 is 5.73 Å². The molecule has 0 aliphatic carbocycles. The Kier molecular flexibility index (Phi) is 6.05. The van der Waals surface area contributed by atoms with Crippen molar-refractivity contribution in [1.82, 2.24) is 9.80 Å². The number of piperazine rings is 1. The van der Waals surface area contributed by atoms with E-state index in [0.717, 1.165) is 38.3 Å². The van der Waals surface area contributed by atoms with E-state index >= 15 is 0 Å². The predicted octanol–water partition coefficient (Wildman–Crippen LogP) is 2.44. The van der Waals surface area contributed by atoms with Crippen LogP contribution in [0.25, 0.3) is 0 Å². The third-order valence-corrected chi connectivity index (χ3v) is 4.62. The minimum atomic E-state index is -4.77. The lowest BCUT2D eigenvalue weighted by Gasteiger charge is -2.38. The molecule has 4 nitrogen and oxygen atoms in total. The van der Waals surface area contributed by atoms with Crippen molar-refractivity contribution in [2.75, 3.05) is 32.7 Å². The van der Waals surface area contributed by atoms with Gasteiger partial charge in [-0.3, -0.25) is 14.6 Å². The van der Waals surface area contributed by atoms with Gasteiger partial charge in [0.2, 0.25) is 5.91 Å². The molecular weight excluding hydrogens is 338 g/mol. The van der Waals surface area contributed by atoms with Gasteiger partial charge in [0.15, 0.2) is 0 Å². The Labute approximate surface area is 144 Å². The molecule has 0 spiro atoms. The van der Waals surface area contributed by atoms with E-state index in [1.807, 2.05) is 4.90 Å². The van der Waals surface area contributed by atoms with Crippen molar-refractivity contribution in [2.24, 2.45) is 5.73 Å². The SMILES string of the molecule is CC(C)N1CCN(C[C@@H](C(N)=O)c2ccc(C(F)(F)F)c(F)c2)CC1. The van der Waals surface area contributed by atoms with Crippen molar-refractivity contribution < 1.29 is 22.4 Å². The van der Waals surface area contributed by atoms with E-state index in [0.29, 0.717) is 12.1 Å². The molecule has 25 heavy (non-hydrogen) atoms. The molecule has 0 unspecified atom stereocenters. The van der Waals surface area contributed by atoms with Gasteiger partial charge in [0.25, 0.3) is 0 Å². The van der Waals surface area contributed by atoms with Crippen LogP contribution >= 0.6 is 0 Å². The van der Waals surface area contributed by atoms with E-state index in [9.17, 15) is 22.4 Å². The molecule has 1 saturated heterocycles. The average Bonchev–Trinajstić information content (AvgIpc) is 2.51. The molecule has 2 N–H and O–H groups in total. The van der Waals surface area contributed by atoms with Crippen LogP contribution < -0.4 is 5.73 Å². The average molecular weight is 361 g/mol. The number of nitrogens with zero attached hydrogens (tertiary/aromatic N) is 2. The molecule has 1 aliphatic heterocycles. The lowest BCUT2D eigenvalue weighted by molar-refractivity contribution is -0.140. The zero-order valence-electron chi connectivity index (χ0n) is 14.3. The highest BCUT2D eigenvalue weighted by atomic mass is 19.4. The van der Waals surface area contributed by atoms with Gasteiger partial charge in [-0.1, -0.05) is 6.07 Å². The summed E-state index contributed by atoms with van der Waals surface area (Å²) in [5.74, 6) is -2.91. The number of hydrogen-bond acceptors (Lipinski definition) is 3. The Bertz CT molecular complexity index is 610. The summed E-state index contributed by atoms with van der Waals surface area (Å²) in [6.45, 7) is 7.61. The number of nitrogens with two attached hydrogens (primary N) is 1. The second-order valence-corrected chi connectivity index (χ2v) is 6.62. The van der Waals surface area contributed by atoms with Crippen molar-refractivity contribution in [1.29, 1.82) is 0 Å². The Morgan fingerprint density at radius 2 is 1.80 bits per heavy atom. The molecule has 1 aromatic rings. The normalized spacial score (nSPS) is 18.5. The molecule has 1 aromatic carbocycles. The van der Waals surface area contributed by atoms with Gasteiger partial charge in [-0.15, -0.1) is 0 Å².